The Morgan fingerprint density at radius 3 is 2.36 bits per heavy atom. The number of carbonyl (C=O) groups excluding carboxylic acids is 3. The molecule has 0 bridgehead atoms. The van der Waals surface area contributed by atoms with Crippen molar-refractivity contribution in [2.45, 2.75) is 57.4 Å². The molecule has 0 fully saturated rings. The second kappa shape index (κ2) is 9.30. The molecule has 9 heteroatoms. The summed E-state index contributed by atoms with van der Waals surface area (Å²) in [5.74, 6) is -1.97. The zero-order chi connectivity index (χ0) is 19.1. The summed E-state index contributed by atoms with van der Waals surface area (Å²) in [5, 5.41) is 29.8. The first-order valence-corrected chi connectivity index (χ1v) is 7.57. The summed E-state index contributed by atoms with van der Waals surface area (Å²) >= 11 is 0. The Kier molecular flexibility index (Phi) is 7.75. The number of esters is 3. The van der Waals surface area contributed by atoms with Gasteiger partial charge < -0.3 is 29.5 Å². The summed E-state index contributed by atoms with van der Waals surface area (Å²) in [4.78, 5) is 33.3. The zero-order valence-electron chi connectivity index (χ0n) is 14.1. The van der Waals surface area contributed by atoms with Crippen LogP contribution in [0.5, 0.6) is 0 Å². The van der Waals surface area contributed by atoms with Crippen molar-refractivity contribution < 1.29 is 43.9 Å². The van der Waals surface area contributed by atoms with Crippen LogP contribution in [0.4, 0.5) is 0 Å². The summed E-state index contributed by atoms with van der Waals surface area (Å²) in [6, 6.07) is 0. The van der Waals surface area contributed by atoms with Gasteiger partial charge in [-0.25, -0.2) is 4.79 Å². The van der Waals surface area contributed by atoms with Gasteiger partial charge in [0, 0.05) is 19.9 Å². The van der Waals surface area contributed by atoms with E-state index in [-0.39, 0.29) is 0 Å². The monoisotopic (exact) mass is 358 g/mol. The van der Waals surface area contributed by atoms with Crippen molar-refractivity contribution in [3.8, 4) is 0 Å². The van der Waals surface area contributed by atoms with E-state index in [4.69, 9.17) is 14.2 Å². The molecule has 9 nitrogen and oxygen atoms in total. The summed E-state index contributed by atoms with van der Waals surface area (Å²) in [5.41, 5.74) is 0. The average Bonchev–Trinajstić information content (AvgIpc) is 2.51. The second-order valence-electron chi connectivity index (χ2n) is 5.51. The first-order chi connectivity index (χ1) is 11.6. The Balaban J connectivity index is 2.79. The fourth-order valence-corrected chi connectivity index (χ4v) is 2.15. The van der Waals surface area contributed by atoms with E-state index in [0.717, 1.165) is 25.2 Å². The SMILES string of the molecule is CC(=O)O[C@@H](C)[C@@H](/C=C/[C@H](O)[C@H](O)[C@@H]1OC(=O)C=C[C@@H]1O)OC(C)=O. The zero-order valence-corrected chi connectivity index (χ0v) is 14.1. The van der Waals surface area contributed by atoms with Crippen LogP contribution in [0.25, 0.3) is 0 Å². The molecule has 0 aromatic heterocycles. The molecule has 0 amide bonds. The molecule has 0 aliphatic carbocycles. The largest absolute Gasteiger partial charge is 0.459 e. The Bertz CT molecular complexity index is 554. The molecule has 0 spiro atoms. The average molecular weight is 358 g/mol. The van der Waals surface area contributed by atoms with Crippen molar-refractivity contribution in [1.29, 1.82) is 0 Å². The molecule has 0 saturated carbocycles. The number of aliphatic hydroxyl groups is 3. The highest BCUT2D eigenvalue weighted by molar-refractivity contribution is 5.83. The Labute approximate surface area is 144 Å². The van der Waals surface area contributed by atoms with Crippen molar-refractivity contribution in [2.24, 2.45) is 0 Å². The molecule has 25 heavy (non-hydrogen) atoms. The molecular weight excluding hydrogens is 336 g/mol. The first-order valence-electron chi connectivity index (χ1n) is 7.57. The molecule has 0 aromatic carbocycles. The number of cyclic esters (lactones) is 1. The van der Waals surface area contributed by atoms with Crippen LogP contribution in [0.3, 0.4) is 0 Å². The van der Waals surface area contributed by atoms with Gasteiger partial charge >= 0.3 is 17.9 Å². The maximum Gasteiger partial charge on any atom is 0.330 e. The van der Waals surface area contributed by atoms with Crippen LogP contribution in [0.1, 0.15) is 20.8 Å². The normalized spacial score (nSPS) is 25.0. The van der Waals surface area contributed by atoms with Crippen LogP contribution in [-0.4, -0.2) is 69.9 Å². The topological polar surface area (TPSA) is 140 Å². The van der Waals surface area contributed by atoms with E-state index in [0.29, 0.717) is 0 Å². The minimum Gasteiger partial charge on any atom is -0.459 e. The van der Waals surface area contributed by atoms with Gasteiger partial charge in [0.25, 0.3) is 0 Å². The van der Waals surface area contributed by atoms with Crippen LogP contribution >= 0.6 is 0 Å². The third-order valence-corrected chi connectivity index (χ3v) is 3.32. The predicted molar refractivity (Wildman–Crippen MR) is 83.0 cm³/mol. The highest BCUT2D eigenvalue weighted by atomic mass is 16.6. The number of carbonyl (C=O) groups is 3. The molecule has 1 aliphatic heterocycles. The first kappa shape index (κ1) is 20.8. The van der Waals surface area contributed by atoms with E-state index in [9.17, 15) is 29.7 Å². The summed E-state index contributed by atoms with van der Waals surface area (Å²) in [7, 11) is 0. The van der Waals surface area contributed by atoms with Crippen molar-refractivity contribution in [3.05, 3.63) is 24.3 Å². The summed E-state index contributed by atoms with van der Waals surface area (Å²) in [6.07, 6.45) is -3.15. The molecular formula is C16H22O9. The molecule has 0 saturated heterocycles. The fraction of sp³-hybridized carbons (Fsp3) is 0.562. The summed E-state index contributed by atoms with van der Waals surface area (Å²) in [6.45, 7) is 3.84. The maximum absolute atomic E-state index is 11.2. The molecule has 6 atom stereocenters. The number of hydrogen-bond donors (Lipinski definition) is 3. The smallest absolute Gasteiger partial charge is 0.330 e. The van der Waals surface area contributed by atoms with Crippen molar-refractivity contribution in [1.82, 2.24) is 0 Å². The second-order valence-corrected chi connectivity index (χ2v) is 5.51. The van der Waals surface area contributed by atoms with Crippen LogP contribution < -0.4 is 0 Å². The molecule has 0 unspecified atom stereocenters. The molecule has 0 aromatic rings. The highest BCUT2D eigenvalue weighted by Gasteiger charge is 2.35. The predicted octanol–water partition coefficient (Wildman–Crippen LogP) is -1.01. The lowest BCUT2D eigenvalue weighted by Crippen LogP contribution is -2.47. The quantitative estimate of drug-likeness (QED) is 0.297. The fourth-order valence-electron chi connectivity index (χ4n) is 2.15. The van der Waals surface area contributed by atoms with Gasteiger partial charge in [-0.05, 0) is 19.1 Å². The third-order valence-electron chi connectivity index (χ3n) is 3.32. The minimum atomic E-state index is -1.62. The number of rotatable bonds is 7. The van der Waals surface area contributed by atoms with Crippen LogP contribution in [-0.2, 0) is 28.6 Å². The maximum atomic E-state index is 11.2. The molecule has 1 heterocycles. The van der Waals surface area contributed by atoms with E-state index < -0.39 is 54.5 Å². The summed E-state index contributed by atoms with van der Waals surface area (Å²) < 4.78 is 14.7. The Morgan fingerprint density at radius 2 is 1.80 bits per heavy atom. The van der Waals surface area contributed by atoms with Gasteiger partial charge in [0.05, 0.1) is 0 Å². The lowest BCUT2D eigenvalue weighted by atomic mass is 10.00. The van der Waals surface area contributed by atoms with Gasteiger partial charge in [0.1, 0.15) is 24.4 Å². The van der Waals surface area contributed by atoms with Crippen molar-refractivity contribution in [3.63, 3.8) is 0 Å². The van der Waals surface area contributed by atoms with Gasteiger partial charge in [-0.2, -0.15) is 0 Å². The van der Waals surface area contributed by atoms with Gasteiger partial charge in [0.15, 0.2) is 12.2 Å². The molecule has 1 rings (SSSR count). The van der Waals surface area contributed by atoms with Crippen molar-refractivity contribution >= 4 is 17.9 Å². The van der Waals surface area contributed by atoms with Crippen LogP contribution in [0.2, 0.25) is 0 Å². The van der Waals surface area contributed by atoms with Crippen molar-refractivity contribution in [2.75, 3.05) is 0 Å². The number of hydrogen-bond acceptors (Lipinski definition) is 9. The number of ether oxygens (including phenoxy) is 3. The van der Waals surface area contributed by atoms with E-state index in [1.165, 1.54) is 19.9 Å². The van der Waals surface area contributed by atoms with E-state index >= 15 is 0 Å². The van der Waals surface area contributed by atoms with Gasteiger partial charge in [-0.15, -0.1) is 0 Å². The van der Waals surface area contributed by atoms with E-state index in [2.05, 4.69) is 0 Å². The molecule has 140 valence electrons. The minimum absolute atomic E-state index is 0.581. The molecule has 0 radical (unpaired) electrons. The standard InChI is InChI=1S/C16H22O9/c1-8(23-9(2)17)13(24-10(3)18)6-4-11(19)15(22)16-12(20)5-7-14(21)25-16/h4-8,11-13,15-16,19-20,22H,1-3H3/b6-4+/t8-,11-,12-,13+,15-,16+/m0/s1. The Morgan fingerprint density at radius 1 is 1.20 bits per heavy atom. The number of aliphatic hydroxyl groups excluding tert-OH is 3. The third kappa shape index (κ3) is 6.65. The van der Waals surface area contributed by atoms with Gasteiger partial charge in [0.2, 0.25) is 0 Å². The van der Waals surface area contributed by atoms with Crippen LogP contribution in [0, 0.1) is 0 Å². The Hall–Kier alpha value is -2.23. The lowest BCUT2D eigenvalue weighted by Gasteiger charge is -2.29. The van der Waals surface area contributed by atoms with Gasteiger partial charge in [-0.1, -0.05) is 6.08 Å². The highest BCUT2D eigenvalue weighted by Crippen LogP contribution is 2.16. The molecule has 1 aliphatic rings. The van der Waals surface area contributed by atoms with Crippen LogP contribution in [0.15, 0.2) is 24.3 Å². The molecule has 3 N–H and O–H groups in total. The van der Waals surface area contributed by atoms with E-state index in [1.807, 2.05) is 0 Å². The van der Waals surface area contributed by atoms with Gasteiger partial charge in [-0.3, -0.25) is 9.59 Å². The lowest BCUT2D eigenvalue weighted by molar-refractivity contribution is -0.164. The van der Waals surface area contributed by atoms with E-state index in [1.54, 1.807) is 0 Å².